The molecule has 2 aromatic rings. The van der Waals surface area contributed by atoms with Gasteiger partial charge in [0, 0.05) is 17.3 Å². The number of halogens is 1. The van der Waals surface area contributed by atoms with Crippen LogP contribution in [0.3, 0.4) is 0 Å². The molecule has 0 radical (unpaired) electrons. The summed E-state index contributed by atoms with van der Waals surface area (Å²) in [5.41, 5.74) is 5.47. The third-order valence-electron chi connectivity index (χ3n) is 3.54. The van der Waals surface area contributed by atoms with Crippen LogP contribution in [0.25, 0.3) is 0 Å². The molecule has 0 atom stereocenters. The molecule has 22 heavy (non-hydrogen) atoms. The van der Waals surface area contributed by atoms with Crippen molar-refractivity contribution < 1.29 is 4.79 Å². The van der Waals surface area contributed by atoms with E-state index in [9.17, 15) is 4.79 Å². The molecule has 2 rings (SSSR count). The first kappa shape index (κ1) is 16.4. The van der Waals surface area contributed by atoms with Crippen molar-refractivity contribution in [3.8, 4) is 0 Å². The average Bonchev–Trinajstić information content (AvgIpc) is 2.45. The molecule has 0 unspecified atom stereocenters. The molecule has 0 saturated heterocycles. The largest absolute Gasteiger partial charge is 0.376 e. The molecule has 0 fully saturated rings. The Balaban J connectivity index is 1.90. The quantitative estimate of drug-likeness (QED) is 0.875. The van der Waals surface area contributed by atoms with Crippen molar-refractivity contribution in [2.24, 2.45) is 0 Å². The maximum atomic E-state index is 12.0. The van der Waals surface area contributed by atoms with E-state index in [0.717, 1.165) is 22.4 Å². The van der Waals surface area contributed by atoms with Gasteiger partial charge in [-0.15, -0.1) is 0 Å². The minimum Gasteiger partial charge on any atom is -0.376 e. The normalized spacial score (nSPS) is 10.4. The number of nitrogens with one attached hydrogen (secondary N) is 2. The summed E-state index contributed by atoms with van der Waals surface area (Å²) in [7, 11) is 0. The van der Waals surface area contributed by atoms with Crippen LogP contribution >= 0.6 is 11.6 Å². The standard InChI is InChI=1S/C18H21ClN2O/c1-12-8-13(2)18(14(3)9-12)21-11-17(22)20-10-15-6-4-5-7-16(15)19/h4-9,21H,10-11H2,1-3H3,(H,20,22). The molecule has 2 N–H and O–H groups in total. The van der Waals surface area contributed by atoms with Gasteiger partial charge in [-0.05, 0) is 43.5 Å². The van der Waals surface area contributed by atoms with E-state index in [4.69, 9.17) is 11.6 Å². The van der Waals surface area contributed by atoms with Gasteiger partial charge in [0.1, 0.15) is 0 Å². The summed E-state index contributed by atoms with van der Waals surface area (Å²) in [5, 5.41) is 6.76. The van der Waals surface area contributed by atoms with Gasteiger partial charge in [-0.1, -0.05) is 47.5 Å². The molecule has 3 nitrogen and oxygen atoms in total. The highest BCUT2D eigenvalue weighted by atomic mass is 35.5. The lowest BCUT2D eigenvalue weighted by atomic mass is 10.1. The van der Waals surface area contributed by atoms with Crippen LogP contribution in [0.15, 0.2) is 36.4 Å². The zero-order chi connectivity index (χ0) is 16.1. The maximum absolute atomic E-state index is 12.0. The predicted molar refractivity (Wildman–Crippen MR) is 92.4 cm³/mol. The van der Waals surface area contributed by atoms with Crippen LogP contribution < -0.4 is 10.6 Å². The van der Waals surface area contributed by atoms with E-state index in [2.05, 4.69) is 29.7 Å². The maximum Gasteiger partial charge on any atom is 0.239 e. The predicted octanol–water partition coefficient (Wildman–Crippen LogP) is 3.99. The van der Waals surface area contributed by atoms with Gasteiger partial charge in [0.15, 0.2) is 0 Å². The van der Waals surface area contributed by atoms with Crippen LogP contribution in [-0.2, 0) is 11.3 Å². The Morgan fingerprint density at radius 1 is 1.09 bits per heavy atom. The summed E-state index contributed by atoms with van der Waals surface area (Å²) in [6.07, 6.45) is 0. The van der Waals surface area contributed by atoms with Crippen LogP contribution in [-0.4, -0.2) is 12.5 Å². The number of rotatable bonds is 5. The van der Waals surface area contributed by atoms with Crippen molar-refractivity contribution in [2.75, 3.05) is 11.9 Å². The van der Waals surface area contributed by atoms with Gasteiger partial charge < -0.3 is 10.6 Å². The molecular weight excluding hydrogens is 296 g/mol. The first-order chi connectivity index (χ1) is 10.5. The SMILES string of the molecule is Cc1cc(C)c(NCC(=O)NCc2ccccc2Cl)c(C)c1. The minimum atomic E-state index is -0.0562. The average molecular weight is 317 g/mol. The highest BCUT2D eigenvalue weighted by Gasteiger charge is 2.07. The van der Waals surface area contributed by atoms with Crippen molar-refractivity contribution in [1.29, 1.82) is 0 Å². The second kappa shape index (κ2) is 7.32. The first-order valence-corrected chi connectivity index (χ1v) is 7.67. The molecule has 0 heterocycles. The Hall–Kier alpha value is -2.00. The number of amides is 1. The highest BCUT2D eigenvalue weighted by Crippen LogP contribution is 2.21. The fourth-order valence-electron chi connectivity index (χ4n) is 2.53. The Kier molecular flexibility index (Phi) is 5.45. The summed E-state index contributed by atoms with van der Waals surface area (Å²) < 4.78 is 0. The van der Waals surface area contributed by atoms with Gasteiger partial charge in [0.25, 0.3) is 0 Å². The van der Waals surface area contributed by atoms with Crippen LogP contribution in [0.4, 0.5) is 5.69 Å². The Morgan fingerprint density at radius 2 is 1.73 bits per heavy atom. The van der Waals surface area contributed by atoms with Crippen molar-refractivity contribution in [3.05, 3.63) is 63.7 Å². The molecule has 0 aliphatic rings. The van der Waals surface area contributed by atoms with Gasteiger partial charge >= 0.3 is 0 Å². The monoisotopic (exact) mass is 316 g/mol. The second-order valence-corrected chi connectivity index (χ2v) is 5.90. The van der Waals surface area contributed by atoms with Crippen molar-refractivity contribution in [1.82, 2.24) is 5.32 Å². The lowest BCUT2D eigenvalue weighted by Gasteiger charge is -2.14. The summed E-state index contributed by atoms with van der Waals surface area (Å²) in [4.78, 5) is 12.0. The molecule has 0 saturated carbocycles. The number of hydrogen-bond acceptors (Lipinski definition) is 2. The van der Waals surface area contributed by atoms with Crippen molar-refractivity contribution >= 4 is 23.2 Å². The number of anilines is 1. The third-order valence-corrected chi connectivity index (χ3v) is 3.91. The molecule has 0 spiro atoms. The van der Waals surface area contributed by atoms with E-state index in [1.165, 1.54) is 5.56 Å². The smallest absolute Gasteiger partial charge is 0.239 e. The van der Waals surface area contributed by atoms with E-state index in [-0.39, 0.29) is 12.5 Å². The van der Waals surface area contributed by atoms with Crippen molar-refractivity contribution in [3.63, 3.8) is 0 Å². The number of benzene rings is 2. The molecule has 116 valence electrons. The Morgan fingerprint density at radius 3 is 2.36 bits per heavy atom. The zero-order valence-corrected chi connectivity index (χ0v) is 13.9. The third kappa shape index (κ3) is 4.25. The van der Waals surface area contributed by atoms with Crippen molar-refractivity contribution in [2.45, 2.75) is 27.3 Å². The molecule has 0 aliphatic carbocycles. The summed E-state index contributed by atoms with van der Waals surface area (Å²) in [6.45, 7) is 6.84. The molecule has 0 bridgehead atoms. The lowest BCUT2D eigenvalue weighted by Crippen LogP contribution is -2.29. The summed E-state index contributed by atoms with van der Waals surface area (Å²) in [5.74, 6) is -0.0562. The number of aryl methyl sites for hydroxylation is 3. The minimum absolute atomic E-state index is 0.0562. The van der Waals surface area contributed by atoms with Crippen LogP contribution in [0, 0.1) is 20.8 Å². The second-order valence-electron chi connectivity index (χ2n) is 5.50. The number of carbonyl (C=O) groups excluding carboxylic acids is 1. The van der Waals surface area contributed by atoms with Gasteiger partial charge in [0.2, 0.25) is 5.91 Å². The van der Waals surface area contributed by atoms with E-state index >= 15 is 0 Å². The van der Waals surface area contributed by atoms with E-state index < -0.39 is 0 Å². The van der Waals surface area contributed by atoms with Gasteiger partial charge in [-0.2, -0.15) is 0 Å². The van der Waals surface area contributed by atoms with Crippen LogP contribution in [0.2, 0.25) is 5.02 Å². The fourth-order valence-corrected chi connectivity index (χ4v) is 2.73. The van der Waals surface area contributed by atoms with E-state index in [0.29, 0.717) is 11.6 Å². The van der Waals surface area contributed by atoms with Gasteiger partial charge in [-0.3, -0.25) is 4.79 Å². The van der Waals surface area contributed by atoms with Gasteiger partial charge in [-0.25, -0.2) is 0 Å². The molecule has 2 aromatic carbocycles. The topological polar surface area (TPSA) is 41.1 Å². The highest BCUT2D eigenvalue weighted by molar-refractivity contribution is 6.31. The molecule has 4 heteroatoms. The summed E-state index contributed by atoms with van der Waals surface area (Å²) >= 11 is 6.07. The molecule has 0 aliphatic heterocycles. The van der Waals surface area contributed by atoms with Crippen LogP contribution in [0.1, 0.15) is 22.3 Å². The van der Waals surface area contributed by atoms with Gasteiger partial charge in [0.05, 0.1) is 6.54 Å². The van der Waals surface area contributed by atoms with E-state index in [1.54, 1.807) is 0 Å². The Labute approximate surface area is 136 Å². The molecule has 0 aromatic heterocycles. The number of carbonyl (C=O) groups is 1. The fraction of sp³-hybridized carbons (Fsp3) is 0.278. The lowest BCUT2D eigenvalue weighted by molar-refractivity contribution is -0.119. The summed E-state index contributed by atoms with van der Waals surface area (Å²) in [6, 6.07) is 11.7. The molecule has 1 amide bonds. The molecular formula is C18H21ClN2O. The zero-order valence-electron chi connectivity index (χ0n) is 13.2. The number of hydrogen-bond donors (Lipinski definition) is 2. The Bertz CT molecular complexity index is 660. The van der Waals surface area contributed by atoms with Crippen LogP contribution in [0.5, 0.6) is 0 Å². The van der Waals surface area contributed by atoms with E-state index in [1.807, 2.05) is 38.1 Å². The first-order valence-electron chi connectivity index (χ1n) is 7.29.